The first-order valence-corrected chi connectivity index (χ1v) is 13.6. The van der Waals surface area contributed by atoms with Gasteiger partial charge < -0.3 is 4.74 Å². The van der Waals surface area contributed by atoms with E-state index in [2.05, 4.69) is 0 Å². The zero-order valence-electron chi connectivity index (χ0n) is 20.4. The van der Waals surface area contributed by atoms with Gasteiger partial charge in [0, 0.05) is 11.6 Å². The Labute approximate surface area is 216 Å². The summed E-state index contributed by atoms with van der Waals surface area (Å²) < 4.78 is 35.8. The van der Waals surface area contributed by atoms with Gasteiger partial charge in [0.15, 0.2) is 0 Å². The van der Waals surface area contributed by atoms with Crippen LogP contribution in [0.2, 0.25) is 5.02 Å². The summed E-state index contributed by atoms with van der Waals surface area (Å²) in [5.41, 5.74) is 0.808. The Morgan fingerprint density at radius 3 is 2.31 bits per heavy atom. The van der Waals surface area contributed by atoms with E-state index in [1.54, 1.807) is 67.6 Å². The molecule has 0 saturated carbocycles. The van der Waals surface area contributed by atoms with Crippen molar-refractivity contribution in [1.29, 1.82) is 0 Å². The molecule has 0 aliphatic heterocycles. The molecule has 1 unspecified atom stereocenters. The lowest BCUT2D eigenvalue weighted by molar-refractivity contribution is 0.327. The fourth-order valence-electron chi connectivity index (χ4n) is 4.15. The van der Waals surface area contributed by atoms with Crippen LogP contribution in [0.4, 0.5) is 0 Å². The lowest BCUT2D eigenvalue weighted by Crippen LogP contribution is -2.38. The Kier molecular flexibility index (Phi) is 7.78. The van der Waals surface area contributed by atoms with Gasteiger partial charge in [-0.1, -0.05) is 30.7 Å². The van der Waals surface area contributed by atoms with Gasteiger partial charge in [-0.2, -0.15) is 4.31 Å². The fraction of sp³-hybridized carbons (Fsp3) is 0.259. The SMILES string of the molecule is CCCN(C(C)c1nc2ccccc2c(=O)n1-c1ccc(OCC)cc1)S(=O)(=O)c1ccc(Cl)cc1. The summed E-state index contributed by atoms with van der Waals surface area (Å²) >= 11 is 5.99. The highest BCUT2D eigenvalue weighted by molar-refractivity contribution is 7.89. The highest BCUT2D eigenvalue weighted by Crippen LogP contribution is 2.29. The number of para-hydroxylation sites is 1. The average Bonchev–Trinajstić information content (AvgIpc) is 2.88. The van der Waals surface area contributed by atoms with E-state index in [0.29, 0.717) is 46.2 Å². The molecule has 0 bridgehead atoms. The molecule has 4 aromatic rings. The highest BCUT2D eigenvalue weighted by atomic mass is 35.5. The number of sulfonamides is 1. The van der Waals surface area contributed by atoms with Crippen molar-refractivity contribution in [2.75, 3.05) is 13.2 Å². The van der Waals surface area contributed by atoms with Crippen LogP contribution >= 0.6 is 11.6 Å². The van der Waals surface area contributed by atoms with Crippen LogP contribution < -0.4 is 10.3 Å². The Morgan fingerprint density at radius 1 is 1.00 bits per heavy atom. The minimum atomic E-state index is -3.91. The molecule has 7 nitrogen and oxygen atoms in total. The van der Waals surface area contributed by atoms with Gasteiger partial charge in [-0.15, -0.1) is 0 Å². The largest absolute Gasteiger partial charge is 0.494 e. The van der Waals surface area contributed by atoms with E-state index in [9.17, 15) is 13.2 Å². The van der Waals surface area contributed by atoms with Crippen molar-refractivity contribution in [3.63, 3.8) is 0 Å². The maximum absolute atomic E-state index is 13.7. The average molecular weight is 526 g/mol. The second kappa shape index (κ2) is 10.8. The summed E-state index contributed by atoms with van der Waals surface area (Å²) in [6, 6.07) is 19.5. The third-order valence-electron chi connectivity index (χ3n) is 5.88. The van der Waals surface area contributed by atoms with Crippen molar-refractivity contribution < 1.29 is 13.2 Å². The van der Waals surface area contributed by atoms with Crippen molar-refractivity contribution in [2.45, 2.75) is 38.1 Å². The first kappa shape index (κ1) is 25.9. The molecule has 1 atom stereocenters. The number of halogens is 1. The Bertz CT molecular complexity index is 1520. The molecule has 3 aromatic carbocycles. The minimum Gasteiger partial charge on any atom is -0.494 e. The second-order valence-corrected chi connectivity index (χ2v) is 10.6. The van der Waals surface area contributed by atoms with Crippen molar-refractivity contribution in [3.05, 3.63) is 94.0 Å². The lowest BCUT2D eigenvalue weighted by Gasteiger charge is -2.29. The molecule has 0 radical (unpaired) electrons. The highest BCUT2D eigenvalue weighted by Gasteiger charge is 2.32. The molecule has 4 rings (SSSR count). The normalized spacial score (nSPS) is 12.7. The molecular weight excluding hydrogens is 498 g/mol. The van der Waals surface area contributed by atoms with Gasteiger partial charge in [-0.25, -0.2) is 13.4 Å². The topological polar surface area (TPSA) is 81.5 Å². The molecule has 0 aliphatic rings. The van der Waals surface area contributed by atoms with Crippen LogP contribution in [0.1, 0.15) is 39.1 Å². The van der Waals surface area contributed by atoms with E-state index in [1.807, 2.05) is 13.8 Å². The monoisotopic (exact) mass is 525 g/mol. The van der Waals surface area contributed by atoms with Crippen LogP contribution in [0.15, 0.2) is 82.5 Å². The van der Waals surface area contributed by atoms with Crippen molar-refractivity contribution in [2.24, 2.45) is 0 Å². The first-order valence-electron chi connectivity index (χ1n) is 11.8. The number of nitrogens with zero attached hydrogens (tertiary/aromatic N) is 3. The Balaban J connectivity index is 1.91. The quantitative estimate of drug-likeness (QED) is 0.284. The van der Waals surface area contributed by atoms with Crippen LogP contribution in [-0.4, -0.2) is 35.4 Å². The molecule has 0 spiro atoms. The van der Waals surface area contributed by atoms with Crippen LogP contribution in [0.5, 0.6) is 5.75 Å². The summed E-state index contributed by atoms with van der Waals surface area (Å²) in [5.74, 6) is 1.00. The summed E-state index contributed by atoms with van der Waals surface area (Å²) in [6.07, 6.45) is 0.581. The maximum Gasteiger partial charge on any atom is 0.266 e. The summed E-state index contributed by atoms with van der Waals surface area (Å²) in [5, 5.41) is 0.898. The Hall–Kier alpha value is -3.20. The summed E-state index contributed by atoms with van der Waals surface area (Å²) in [4.78, 5) is 18.6. The van der Waals surface area contributed by atoms with Gasteiger partial charge in [0.25, 0.3) is 5.56 Å². The summed E-state index contributed by atoms with van der Waals surface area (Å²) in [7, 11) is -3.91. The van der Waals surface area contributed by atoms with E-state index in [-0.39, 0.29) is 17.0 Å². The van der Waals surface area contributed by atoms with Gasteiger partial charge >= 0.3 is 0 Å². The molecule has 0 fully saturated rings. The van der Waals surface area contributed by atoms with Crippen LogP contribution in [0.25, 0.3) is 16.6 Å². The van der Waals surface area contributed by atoms with Crippen LogP contribution in [-0.2, 0) is 10.0 Å². The third-order valence-corrected chi connectivity index (χ3v) is 8.11. The van der Waals surface area contributed by atoms with E-state index >= 15 is 0 Å². The second-order valence-electron chi connectivity index (χ2n) is 8.30. The molecular formula is C27H28ClN3O4S. The number of ether oxygens (including phenoxy) is 1. The number of rotatable bonds is 9. The molecule has 9 heteroatoms. The number of hydrogen-bond acceptors (Lipinski definition) is 5. The molecule has 0 saturated heterocycles. The van der Waals surface area contributed by atoms with Crippen LogP contribution in [0, 0.1) is 0 Å². The van der Waals surface area contributed by atoms with Gasteiger partial charge in [-0.05, 0) is 80.9 Å². The molecule has 0 aliphatic carbocycles. The van der Waals surface area contributed by atoms with Gasteiger partial charge in [0.1, 0.15) is 11.6 Å². The standard InChI is InChI=1S/C27H28ClN3O4S/c1-4-18-30(36(33,34)23-16-10-20(28)11-17-23)19(3)26-29-25-9-7-6-8-24(25)27(32)31(26)21-12-14-22(15-13-21)35-5-2/h6-17,19H,4-5,18H2,1-3H3. The number of fused-ring (bicyclic) bond motifs is 1. The van der Waals surface area contributed by atoms with Crippen LogP contribution in [0.3, 0.4) is 0 Å². The number of benzene rings is 3. The maximum atomic E-state index is 13.7. The van der Waals surface area contributed by atoms with E-state index < -0.39 is 16.1 Å². The predicted octanol–water partition coefficient (Wildman–Crippen LogP) is 5.60. The van der Waals surface area contributed by atoms with Gasteiger partial charge in [-0.3, -0.25) is 9.36 Å². The van der Waals surface area contributed by atoms with E-state index in [1.165, 1.54) is 21.0 Å². The molecule has 1 heterocycles. The number of hydrogen-bond donors (Lipinski definition) is 0. The smallest absolute Gasteiger partial charge is 0.266 e. The summed E-state index contributed by atoms with van der Waals surface area (Å²) in [6.45, 7) is 6.33. The van der Waals surface area contributed by atoms with E-state index in [0.717, 1.165) is 0 Å². The van der Waals surface area contributed by atoms with Gasteiger partial charge in [0.2, 0.25) is 10.0 Å². The minimum absolute atomic E-state index is 0.128. The van der Waals surface area contributed by atoms with Crippen molar-refractivity contribution in [1.82, 2.24) is 13.9 Å². The Morgan fingerprint density at radius 2 is 1.67 bits per heavy atom. The fourth-order valence-corrected chi connectivity index (χ4v) is 5.96. The lowest BCUT2D eigenvalue weighted by atomic mass is 10.2. The third kappa shape index (κ3) is 5.02. The number of aromatic nitrogens is 2. The zero-order valence-corrected chi connectivity index (χ0v) is 22.0. The molecule has 36 heavy (non-hydrogen) atoms. The first-order chi connectivity index (χ1) is 17.3. The van der Waals surface area contributed by atoms with E-state index in [4.69, 9.17) is 21.3 Å². The van der Waals surface area contributed by atoms with Crippen molar-refractivity contribution in [3.8, 4) is 11.4 Å². The molecule has 188 valence electrons. The molecule has 1 aromatic heterocycles. The predicted molar refractivity (Wildman–Crippen MR) is 143 cm³/mol. The van der Waals surface area contributed by atoms with Crippen molar-refractivity contribution >= 4 is 32.5 Å². The van der Waals surface area contributed by atoms with Gasteiger partial charge in [0.05, 0.1) is 34.1 Å². The zero-order chi connectivity index (χ0) is 25.9. The molecule has 0 N–H and O–H groups in total. The molecule has 0 amide bonds.